The fourth-order valence-electron chi connectivity index (χ4n) is 3.09. The molecule has 0 radical (unpaired) electrons. The molecule has 1 N–H and O–H groups in total. The van der Waals surface area contributed by atoms with E-state index in [1.807, 2.05) is 6.07 Å². The molecule has 26 heavy (non-hydrogen) atoms. The molecule has 2 heterocycles. The van der Waals surface area contributed by atoms with Crippen LogP contribution in [0, 0.1) is 17.2 Å². The van der Waals surface area contributed by atoms with Crippen molar-refractivity contribution in [3.05, 3.63) is 59.4 Å². The van der Waals surface area contributed by atoms with E-state index in [9.17, 15) is 9.59 Å². The zero-order valence-electron chi connectivity index (χ0n) is 14.6. The molecule has 0 spiro atoms. The molecule has 6 heteroatoms. The molecule has 1 atom stereocenters. The van der Waals surface area contributed by atoms with Crippen LogP contribution in [0.25, 0.3) is 0 Å². The van der Waals surface area contributed by atoms with Crippen LogP contribution in [0.2, 0.25) is 0 Å². The molecule has 1 saturated heterocycles. The van der Waals surface area contributed by atoms with Gasteiger partial charge in [0.2, 0.25) is 0 Å². The Bertz CT molecular complexity index is 872. The van der Waals surface area contributed by atoms with E-state index in [1.165, 1.54) is 12.3 Å². The van der Waals surface area contributed by atoms with Crippen LogP contribution in [-0.4, -0.2) is 34.8 Å². The Hall–Kier alpha value is -3.20. The third-order valence-corrected chi connectivity index (χ3v) is 4.44. The number of hydrogen-bond donors (Lipinski definition) is 1. The first-order valence-corrected chi connectivity index (χ1v) is 8.63. The number of benzene rings is 1. The lowest BCUT2D eigenvalue weighted by atomic mass is 10.00. The summed E-state index contributed by atoms with van der Waals surface area (Å²) in [6, 6.07) is 11.8. The quantitative estimate of drug-likeness (QED) is 0.923. The van der Waals surface area contributed by atoms with E-state index in [4.69, 9.17) is 5.26 Å². The molecule has 0 aliphatic carbocycles. The van der Waals surface area contributed by atoms with Crippen LogP contribution in [0.4, 0.5) is 5.69 Å². The summed E-state index contributed by atoms with van der Waals surface area (Å²) >= 11 is 0. The molecule has 1 unspecified atom stereocenters. The number of carbonyl (C=O) groups excluding carboxylic acids is 2. The Morgan fingerprint density at radius 3 is 2.92 bits per heavy atom. The number of piperidine rings is 1. The van der Waals surface area contributed by atoms with Crippen molar-refractivity contribution in [1.29, 1.82) is 5.26 Å². The van der Waals surface area contributed by atoms with E-state index in [2.05, 4.69) is 17.2 Å². The number of aromatic nitrogens is 1. The first kappa shape index (κ1) is 17.6. The molecule has 1 fully saturated rings. The highest BCUT2D eigenvalue weighted by molar-refractivity contribution is 6.05. The number of amides is 2. The molecular weight excluding hydrogens is 328 g/mol. The fraction of sp³-hybridized carbons (Fsp3) is 0.300. The summed E-state index contributed by atoms with van der Waals surface area (Å²) in [6.07, 6.45) is 3.59. The summed E-state index contributed by atoms with van der Waals surface area (Å²) in [4.78, 5) is 31.1. The zero-order chi connectivity index (χ0) is 18.5. The van der Waals surface area contributed by atoms with Crippen molar-refractivity contribution in [2.24, 2.45) is 5.92 Å². The van der Waals surface area contributed by atoms with E-state index in [0.29, 0.717) is 22.7 Å². The highest BCUT2D eigenvalue weighted by Crippen LogP contribution is 2.18. The van der Waals surface area contributed by atoms with Crippen LogP contribution in [0.1, 0.15) is 46.2 Å². The van der Waals surface area contributed by atoms with Gasteiger partial charge in [-0.2, -0.15) is 5.26 Å². The predicted octanol–water partition coefficient (Wildman–Crippen LogP) is 3.08. The first-order chi connectivity index (χ1) is 12.6. The van der Waals surface area contributed by atoms with Gasteiger partial charge in [-0.1, -0.05) is 13.0 Å². The van der Waals surface area contributed by atoms with Gasteiger partial charge in [-0.25, -0.2) is 0 Å². The largest absolute Gasteiger partial charge is 0.337 e. The number of likely N-dealkylation sites (tertiary alicyclic amines) is 1. The maximum atomic E-state index is 12.7. The van der Waals surface area contributed by atoms with Crippen LogP contribution >= 0.6 is 0 Å². The Morgan fingerprint density at radius 2 is 2.15 bits per heavy atom. The lowest BCUT2D eigenvalue weighted by Crippen LogP contribution is -2.39. The number of pyridine rings is 1. The molecule has 2 aromatic rings. The topological polar surface area (TPSA) is 86.1 Å². The third-order valence-electron chi connectivity index (χ3n) is 4.44. The molecule has 1 aliphatic rings. The average Bonchev–Trinajstić information content (AvgIpc) is 2.67. The molecule has 3 rings (SSSR count). The van der Waals surface area contributed by atoms with Crippen LogP contribution in [-0.2, 0) is 0 Å². The molecule has 0 saturated carbocycles. The van der Waals surface area contributed by atoms with Gasteiger partial charge in [0.05, 0.1) is 11.6 Å². The minimum atomic E-state index is -0.344. The van der Waals surface area contributed by atoms with E-state index in [0.717, 1.165) is 25.9 Å². The third kappa shape index (κ3) is 4.06. The first-order valence-electron chi connectivity index (χ1n) is 8.63. The van der Waals surface area contributed by atoms with Crippen molar-refractivity contribution in [2.45, 2.75) is 19.8 Å². The van der Waals surface area contributed by atoms with Gasteiger partial charge in [0.15, 0.2) is 0 Å². The highest BCUT2D eigenvalue weighted by Gasteiger charge is 2.23. The minimum Gasteiger partial charge on any atom is -0.337 e. The predicted molar refractivity (Wildman–Crippen MR) is 97.6 cm³/mol. The molecule has 2 amide bonds. The second-order valence-electron chi connectivity index (χ2n) is 6.58. The highest BCUT2D eigenvalue weighted by atomic mass is 16.2. The second kappa shape index (κ2) is 7.79. The van der Waals surface area contributed by atoms with Crippen molar-refractivity contribution in [2.75, 3.05) is 18.4 Å². The Labute approximate surface area is 152 Å². The van der Waals surface area contributed by atoms with Gasteiger partial charge in [0.1, 0.15) is 5.69 Å². The molecule has 1 aromatic carbocycles. The molecule has 1 aliphatic heterocycles. The number of nitrogens with one attached hydrogen (secondary N) is 1. The summed E-state index contributed by atoms with van der Waals surface area (Å²) in [5, 5.41) is 11.7. The Morgan fingerprint density at radius 1 is 1.31 bits per heavy atom. The molecule has 6 nitrogen and oxygen atoms in total. The number of anilines is 1. The van der Waals surface area contributed by atoms with Gasteiger partial charge >= 0.3 is 0 Å². The van der Waals surface area contributed by atoms with Crippen molar-refractivity contribution >= 4 is 17.5 Å². The number of hydrogen-bond acceptors (Lipinski definition) is 4. The number of nitrogens with zero attached hydrogens (tertiary/aromatic N) is 3. The number of rotatable bonds is 3. The average molecular weight is 348 g/mol. The second-order valence-corrected chi connectivity index (χ2v) is 6.58. The molecule has 1 aromatic heterocycles. The number of carbonyl (C=O) groups is 2. The summed E-state index contributed by atoms with van der Waals surface area (Å²) in [5.41, 5.74) is 1.63. The normalized spacial score (nSPS) is 16.6. The van der Waals surface area contributed by atoms with Gasteiger partial charge in [-0.15, -0.1) is 0 Å². The van der Waals surface area contributed by atoms with Crippen LogP contribution in [0.15, 0.2) is 42.6 Å². The minimum absolute atomic E-state index is 0.141. The monoisotopic (exact) mass is 348 g/mol. The lowest BCUT2D eigenvalue weighted by molar-refractivity contribution is 0.0677. The van der Waals surface area contributed by atoms with Gasteiger partial charge in [-0.05, 0) is 49.1 Å². The van der Waals surface area contributed by atoms with Crippen molar-refractivity contribution < 1.29 is 9.59 Å². The molecule has 132 valence electrons. The van der Waals surface area contributed by atoms with Crippen molar-refractivity contribution in [3.8, 4) is 6.07 Å². The van der Waals surface area contributed by atoms with Gasteiger partial charge in [0.25, 0.3) is 11.8 Å². The SMILES string of the molecule is CC1CCCN(C(=O)c2cc(C(=O)Nc3cccc(C#N)c3)ccn2)C1. The van der Waals surface area contributed by atoms with Crippen LogP contribution < -0.4 is 5.32 Å². The summed E-state index contributed by atoms with van der Waals surface area (Å²) in [5.74, 6) is -0.00665. The maximum absolute atomic E-state index is 12.7. The fourth-order valence-corrected chi connectivity index (χ4v) is 3.09. The molecular formula is C20H20N4O2. The molecule has 0 bridgehead atoms. The number of nitriles is 1. The van der Waals surface area contributed by atoms with Gasteiger partial charge in [-0.3, -0.25) is 14.6 Å². The van der Waals surface area contributed by atoms with Crippen molar-refractivity contribution in [3.63, 3.8) is 0 Å². The maximum Gasteiger partial charge on any atom is 0.272 e. The van der Waals surface area contributed by atoms with E-state index >= 15 is 0 Å². The Balaban J connectivity index is 1.75. The summed E-state index contributed by atoms with van der Waals surface area (Å²) in [6.45, 7) is 3.58. The Kier molecular flexibility index (Phi) is 5.28. The smallest absolute Gasteiger partial charge is 0.272 e. The zero-order valence-corrected chi connectivity index (χ0v) is 14.6. The summed E-state index contributed by atoms with van der Waals surface area (Å²) < 4.78 is 0. The van der Waals surface area contributed by atoms with Crippen LogP contribution in [0.5, 0.6) is 0 Å². The van der Waals surface area contributed by atoms with E-state index < -0.39 is 0 Å². The van der Waals surface area contributed by atoms with Crippen molar-refractivity contribution in [1.82, 2.24) is 9.88 Å². The van der Waals surface area contributed by atoms with E-state index in [-0.39, 0.29) is 17.5 Å². The van der Waals surface area contributed by atoms with Crippen LogP contribution in [0.3, 0.4) is 0 Å². The van der Waals surface area contributed by atoms with E-state index in [1.54, 1.807) is 35.2 Å². The lowest BCUT2D eigenvalue weighted by Gasteiger charge is -2.30. The standard InChI is InChI=1S/C20H20N4O2/c1-14-4-3-9-24(13-14)20(26)18-11-16(7-8-22-18)19(25)23-17-6-2-5-15(10-17)12-21/h2,5-8,10-11,14H,3-4,9,13H2,1H3,(H,23,25). The van der Waals surface area contributed by atoms with Gasteiger partial charge in [0, 0.05) is 30.5 Å². The summed E-state index contributed by atoms with van der Waals surface area (Å²) in [7, 11) is 0. The van der Waals surface area contributed by atoms with Gasteiger partial charge < -0.3 is 10.2 Å².